The maximum Gasteiger partial charge on any atom is 0.420 e. The molecule has 1 aromatic heterocycles. The normalized spacial score (nSPS) is 14.3. The molecule has 1 aliphatic rings. The second kappa shape index (κ2) is 5.52. The molecule has 3 aromatic rings. The molecule has 0 amide bonds. The molecular weight excluding hydrogens is 395 g/mol. The molecule has 1 heterocycles. The van der Waals surface area contributed by atoms with Gasteiger partial charge in [-0.25, -0.2) is 0 Å². The number of halogens is 4. The Bertz CT molecular complexity index is 1050. The minimum absolute atomic E-state index is 0.0102. The van der Waals surface area contributed by atoms with E-state index in [2.05, 4.69) is 20.9 Å². The molecule has 25 heavy (non-hydrogen) atoms. The molecule has 0 radical (unpaired) electrons. The fourth-order valence-corrected chi connectivity index (χ4v) is 3.40. The number of alkyl halides is 3. The van der Waals surface area contributed by atoms with Crippen molar-refractivity contribution >= 4 is 38.2 Å². The molecule has 0 saturated carbocycles. The van der Waals surface area contributed by atoms with Crippen molar-refractivity contribution in [2.45, 2.75) is 6.18 Å². The summed E-state index contributed by atoms with van der Waals surface area (Å²) in [5, 5.41) is 0.533. The Hall–Kier alpha value is -2.47. The number of hydrogen-bond donors (Lipinski definition) is 0. The lowest BCUT2D eigenvalue weighted by Gasteiger charge is -2.12. The zero-order chi connectivity index (χ0) is 17.8. The largest absolute Gasteiger partial charge is 0.420 e. The van der Waals surface area contributed by atoms with Crippen LogP contribution in [0.1, 0.15) is 21.5 Å². The summed E-state index contributed by atoms with van der Waals surface area (Å²) < 4.78 is 41.8. The number of benzene rings is 2. The van der Waals surface area contributed by atoms with Gasteiger partial charge in [0.15, 0.2) is 0 Å². The Morgan fingerprint density at radius 2 is 1.64 bits per heavy atom. The molecule has 2 aromatic carbocycles. The topological polar surface area (TPSA) is 30.0 Å². The lowest BCUT2D eigenvalue weighted by molar-refractivity contribution is -0.0878. The van der Waals surface area contributed by atoms with Crippen molar-refractivity contribution in [2.24, 2.45) is 0 Å². The van der Waals surface area contributed by atoms with Gasteiger partial charge in [0.25, 0.3) is 0 Å². The average Bonchev–Trinajstić information content (AvgIpc) is 2.89. The van der Waals surface area contributed by atoms with Gasteiger partial charge in [0.2, 0.25) is 5.78 Å². The van der Waals surface area contributed by atoms with Gasteiger partial charge in [-0.1, -0.05) is 46.3 Å². The van der Waals surface area contributed by atoms with Crippen LogP contribution in [0.25, 0.3) is 16.5 Å². The van der Waals surface area contributed by atoms with Crippen LogP contribution < -0.4 is 0 Å². The second-order valence-corrected chi connectivity index (χ2v) is 6.56. The van der Waals surface area contributed by atoms with E-state index >= 15 is 0 Å². The quantitative estimate of drug-likeness (QED) is 0.532. The second-order valence-electron chi connectivity index (χ2n) is 5.65. The van der Waals surface area contributed by atoms with Gasteiger partial charge in [0.05, 0.1) is 5.52 Å². The summed E-state index contributed by atoms with van der Waals surface area (Å²) in [5.74, 6) is -1.03. The maximum absolute atomic E-state index is 13.7. The third-order valence-corrected chi connectivity index (χ3v) is 4.69. The fraction of sp³-hybridized carbons (Fsp3) is 0.0526. The Morgan fingerprint density at radius 3 is 2.32 bits per heavy atom. The van der Waals surface area contributed by atoms with Gasteiger partial charge in [-0.15, -0.1) is 0 Å². The van der Waals surface area contributed by atoms with Crippen LogP contribution in [0.5, 0.6) is 0 Å². The lowest BCUT2D eigenvalue weighted by Crippen LogP contribution is -2.18. The molecule has 6 heteroatoms. The summed E-state index contributed by atoms with van der Waals surface area (Å²) in [6.07, 6.45) is -3.52. The van der Waals surface area contributed by atoms with Crippen LogP contribution in [0, 0.1) is 0 Å². The van der Waals surface area contributed by atoms with E-state index in [1.165, 1.54) is 6.20 Å². The third-order valence-electron chi connectivity index (χ3n) is 4.16. The fourth-order valence-electron chi connectivity index (χ4n) is 3.13. The molecule has 0 fully saturated rings. The van der Waals surface area contributed by atoms with Crippen molar-refractivity contribution in [2.75, 3.05) is 0 Å². The average molecular weight is 404 g/mol. The SMILES string of the molecule is O=C1C(C(F)(F)F)=C(c2ccc(Br)cc2)c2c1cnc1ccccc21. The van der Waals surface area contributed by atoms with Gasteiger partial charge >= 0.3 is 6.18 Å². The zero-order valence-electron chi connectivity index (χ0n) is 12.6. The molecule has 0 bridgehead atoms. The monoisotopic (exact) mass is 403 g/mol. The predicted octanol–water partition coefficient (Wildman–Crippen LogP) is 5.56. The number of allylic oxidation sites excluding steroid dienone is 1. The Morgan fingerprint density at radius 1 is 0.960 bits per heavy atom. The zero-order valence-corrected chi connectivity index (χ0v) is 14.1. The number of Topliss-reactive ketones (excluding diaryl/α,β-unsaturated/α-hetero) is 1. The highest BCUT2D eigenvalue weighted by molar-refractivity contribution is 9.10. The number of ketones is 1. The van der Waals surface area contributed by atoms with E-state index in [0.29, 0.717) is 22.0 Å². The minimum Gasteiger partial charge on any atom is -0.289 e. The number of nitrogens with zero attached hydrogens (tertiary/aromatic N) is 1. The van der Waals surface area contributed by atoms with Gasteiger partial charge in [-0.2, -0.15) is 13.2 Å². The van der Waals surface area contributed by atoms with Gasteiger partial charge in [-0.3, -0.25) is 9.78 Å². The Labute approximate surface area is 149 Å². The van der Waals surface area contributed by atoms with Crippen molar-refractivity contribution in [3.05, 3.63) is 81.5 Å². The summed E-state index contributed by atoms with van der Waals surface area (Å²) in [4.78, 5) is 16.7. The Kier molecular flexibility index (Phi) is 3.54. The molecular formula is C19H9BrF3NO. The smallest absolute Gasteiger partial charge is 0.289 e. The summed E-state index contributed by atoms with van der Waals surface area (Å²) in [6.45, 7) is 0. The maximum atomic E-state index is 13.7. The van der Waals surface area contributed by atoms with Crippen LogP contribution in [0.15, 0.2) is 64.8 Å². The van der Waals surface area contributed by atoms with E-state index in [-0.39, 0.29) is 11.1 Å². The minimum atomic E-state index is -4.75. The van der Waals surface area contributed by atoms with Crippen LogP contribution in [-0.4, -0.2) is 16.9 Å². The van der Waals surface area contributed by atoms with E-state index in [4.69, 9.17) is 0 Å². The first-order valence-electron chi connectivity index (χ1n) is 7.38. The van der Waals surface area contributed by atoms with Crippen LogP contribution in [0.4, 0.5) is 13.2 Å². The van der Waals surface area contributed by atoms with Crippen molar-refractivity contribution in [3.8, 4) is 0 Å². The number of fused-ring (bicyclic) bond motifs is 3. The molecule has 0 unspecified atom stereocenters. The lowest BCUT2D eigenvalue weighted by atomic mass is 9.94. The number of rotatable bonds is 1. The third kappa shape index (κ3) is 2.48. The Balaban J connectivity index is 2.13. The van der Waals surface area contributed by atoms with Crippen molar-refractivity contribution in [3.63, 3.8) is 0 Å². The number of carbonyl (C=O) groups is 1. The van der Waals surface area contributed by atoms with Crippen molar-refractivity contribution in [1.29, 1.82) is 0 Å². The van der Waals surface area contributed by atoms with E-state index in [1.807, 2.05) is 0 Å². The van der Waals surface area contributed by atoms with Crippen molar-refractivity contribution in [1.82, 2.24) is 4.98 Å². The van der Waals surface area contributed by atoms with Gasteiger partial charge in [0.1, 0.15) is 5.57 Å². The highest BCUT2D eigenvalue weighted by Gasteiger charge is 2.47. The molecule has 0 atom stereocenters. The van der Waals surface area contributed by atoms with Crippen LogP contribution in [-0.2, 0) is 0 Å². The standard InChI is InChI=1S/C19H9BrF3NO/c20-11-7-5-10(6-8-11)15-16-12-3-1-2-4-14(12)24-9-13(16)18(25)17(15)19(21,22)23/h1-9H. The number of carbonyl (C=O) groups excluding carboxylic acids is 1. The van der Waals surface area contributed by atoms with Gasteiger partial charge in [-0.05, 0) is 23.8 Å². The number of para-hydroxylation sites is 1. The summed E-state index contributed by atoms with van der Waals surface area (Å²) >= 11 is 3.28. The van der Waals surface area contributed by atoms with Crippen LogP contribution in [0.2, 0.25) is 0 Å². The highest BCUT2D eigenvalue weighted by atomic mass is 79.9. The van der Waals surface area contributed by atoms with Crippen LogP contribution in [0.3, 0.4) is 0 Å². The van der Waals surface area contributed by atoms with E-state index in [9.17, 15) is 18.0 Å². The first-order valence-corrected chi connectivity index (χ1v) is 8.17. The first-order chi connectivity index (χ1) is 11.9. The summed E-state index contributed by atoms with van der Waals surface area (Å²) in [6, 6.07) is 13.3. The number of aromatic nitrogens is 1. The number of pyridine rings is 1. The first kappa shape index (κ1) is 16.0. The van der Waals surface area contributed by atoms with E-state index < -0.39 is 17.5 Å². The van der Waals surface area contributed by atoms with E-state index in [1.54, 1.807) is 48.5 Å². The van der Waals surface area contributed by atoms with E-state index in [0.717, 1.165) is 4.47 Å². The molecule has 2 nitrogen and oxygen atoms in total. The predicted molar refractivity (Wildman–Crippen MR) is 92.3 cm³/mol. The molecule has 0 saturated heterocycles. The number of hydrogen-bond acceptors (Lipinski definition) is 2. The molecule has 124 valence electrons. The molecule has 0 spiro atoms. The highest BCUT2D eigenvalue weighted by Crippen LogP contribution is 2.46. The van der Waals surface area contributed by atoms with Gasteiger partial charge in [0, 0.05) is 32.8 Å². The van der Waals surface area contributed by atoms with Gasteiger partial charge < -0.3 is 0 Å². The summed E-state index contributed by atoms with van der Waals surface area (Å²) in [7, 11) is 0. The molecule has 4 rings (SSSR count). The molecule has 0 N–H and O–H groups in total. The molecule has 1 aliphatic carbocycles. The molecule has 0 aliphatic heterocycles. The van der Waals surface area contributed by atoms with Crippen LogP contribution >= 0.6 is 15.9 Å². The van der Waals surface area contributed by atoms with Crippen molar-refractivity contribution < 1.29 is 18.0 Å². The summed E-state index contributed by atoms with van der Waals surface area (Å²) in [5.41, 5.74) is -0.0400.